The Bertz CT molecular complexity index is 657. The van der Waals surface area contributed by atoms with Gasteiger partial charge in [-0.05, 0) is 37.9 Å². The van der Waals surface area contributed by atoms with Crippen molar-refractivity contribution < 1.29 is 4.79 Å². The van der Waals surface area contributed by atoms with Gasteiger partial charge in [0.25, 0.3) is 5.56 Å². The maximum absolute atomic E-state index is 12.8. The molecule has 1 aromatic heterocycles. The first-order valence-electron chi connectivity index (χ1n) is 8.12. The lowest BCUT2D eigenvalue weighted by molar-refractivity contribution is -0.122. The highest BCUT2D eigenvalue weighted by molar-refractivity contribution is 5.99. The predicted molar refractivity (Wildman–Crippen MR) is 93.6 cm³/mol. The molecule has 0 atom stereocenters. The molecule has 0 spiro atoms. The smallest absolute Gasteiger partial charge is 0.250 e. The van der Waals surface area contributed by atoms with Crippen LogP contribution in [0, 0.1) is 16.2 Å². The number of pyridine rings is 1. The van der Waals surface area contributed by atoms with Crippen molar-refractivity contribution in [1.82, 2.24) is 9.47 Å². The first kappa shape index (κ1) is 17.7. The summed E-state index contributed by atoms with van der Waals surface area (Å²) >= 11 is 0. The Balaban J connectivity index is 2.17. The van der Waals surface area contributed by atoms with Crippen molar-refractivity contribution in [1.29, 1.82) is 0 Å². The normalized spacial score (nSPS) is 20.3. The lowest BCUT2D eigenvalue weighted by atomic mass is 9.96. The monoisotopic (exact) mass is 319 g/mol. The van der Waals surface area contributed by atoms with Gasteiger partial charge in [-0.25, -0.2) is 0 Å². The maximum atomic E-state index is 12.8. The van der Waals surface area contributed by atoms with Gasteiger partial charge in [0.05, 0.1) is 11.1 Å². The predicted octanol–water partition coefficient (Wildman–Crippen LogP) is 2.42. The van der Waals surface area contributed by atoms with Gasteiger partial charge >= 0.3 is 0 Å². The fraction of sp³-hybridized carbons (Fsp3) is 0.667. The van der Waals surface area contributed by atoms with Gasteiger partial charge in [0.15, 0.2) is 0 Å². The first-order chi connectivity index (χ1) is 10.4. The van der Waals surface area contributed by atoms with Crippen LogP contribution in [0.1, 0.15) is 34.6 Å². The Kier molecular flexibility index (Phi) is 4.22. The van der Waals surface area contributed by atoms with Gasteiger partial charge in [0.2, 0.25) is 5.91 Å². The zero-order valence-electron chi connectivity index (χ0n) is 15.4. The van der Waals surface area contributed by atoms with Crippen molar-refractivity contribution in [2.24, 2.45) is 16.2 Å². The number of likely N-dealkylation sites (N-methyl/N-ethyl adjacent to an activating group) is 1. The number of hydrogen-bond donors (Lipinski definition) is 1. The van der Waals surface area contributed by atoms with Crippen molar-refractivity contribution >= 4 is 11.6 Å². The van der Waals surface area contributed by atoms with Gasteiger partial charge in [-0.1, -0.05) is 27.7 Å². The molecular formula is C18H29N3O2. The van der Waals surface area contributed by atoms with Crippen molar-refractivity contribution in [3.05, 3.63) is 28.7 Å². The Morgan fingerprint density at radius 2 is 1.70 bits per heavy atom. The summed E-state index contributed by atoms with van der Waals surface area (Å²) in [6.07, 6.45) is 1.73. The minimum atomic E-state index is -0.412. The molecule has 0 bridgehead atoms. The molecule has 1 saturated carbocycles. The highest BCUT2D eigenvalue weighted by Gasteiger charge is 2.77. The molecule has 1 aliphatic carbocycles. The summed E-state index contributed by atoms with van der Waals surface area (Å²) < 4.78 is 1.64. The Morgan fingerprint density at radius 1 is 1.13 bits per heavy atom. The van der Waals surface area contributed by atoms with E-state index in [2.05, 4.69) is 33.0 Å². The van der Waals surface area contributed by atoms with Gasteiger partial charge in [-0.3, -0.25) is 9.59 Å². The summed E-state index contributed by atoms with van der Waals surface area (Å²) in [6, 6.07) is 3.19. The number of nitrogens with zero attached hydrogens (tertiary/aromatic N) is 2. The van der Waals surface area contributed by atoms with Crippen LogP contribution in [0.15, 0.2) is 23.1 Å². The molecule has 2 rings (SSSR count). The topological polar surface area (TPSA) is 54.3 Å². The van der Waals surface area contributed by atoms with E-state index >= 15 is 0 Å². The number of carbonyl (C=O) groups excluding carboxylic acids is 1. The summed E-state index contributed by atoms with van der Waals surface area (Å²) in [5.74, 6) is 0.0188. The number of nitrogens with one attached hydrogen (secondary N) is 1. The van der Waals surface area contributed by atoms with Crippen molar-refractivity contribution in [3.63, 3.8) is 0 Å². The molecule has 5 heteroatoms. The van der Waals surface area contributed by atoms with Crippen LogP contribution in [0.4, 0.5) is 5.69 Å². The van der Waals surface area contributed by atoms with E-state index in [1.807, 2.05) is 25.9 Å². The highest BCUT2D eigenvalue weighted by atomic mass is 16.2. The minimum absolute atomic E-state index is 0.0188. The van der Waals surface area contributed by atoms with Crippen LogP contribution in [0.2, 0.25) is 0 Å². The van der Waals surface area contributed by atoms with Crippen LogP contribution < -0.4 is 10.9 Å². The molecule has 1 amide bonds. The second-order valence-corrected chi connectivity index (χ2v) is 8.08. The van der Waals surface area contributed by atoms with Crippen molar-refractivity contribution in [3.8, 4) is 0 Å². The second-order valence-electron chi connectivity index (χ2n) is 8.08. The second kappa shape index (κ2) is 5.48. The van der Waals surface area contributed by atoms with Crippen LogP contribution in [-0.2, 0) is 11.3 Å². The molecule has 0 aliphatic heterocycles. The summed E-state index contributed by atoms with van der Waals surface area (Å²) in [4.78, 5) is 26.7. The molecule has 0 radical (unpaired) electrons. The molecule has 1 fully saturated rings. The van der Waals surface area contributed by atoms with Gasteiger partial charge in [0, 0.05) is 25.4 Å². The van der Waals surface area contributed by atoms with Crippen molar-refractivity contribution in [2.75, 3.05) is 26.0 Å². The van der Waals surface area contributed by atoms with Gasteiger partial charge < -0.3 is 14.8 Å². The lowest BCUT2D eigenvalue weighted by Gasteiger charge is -2.17. The number of amides is 1. The standard InChI is InChI=1S/C18H29N3O2/c1-16(2)17(3,4)18(16,5)15(23)19-13-8-9-14(22)21(12-13)11-10-20(6)7/h8-9,12H,10-11H2,1-7H3,(H,19,23). The van der Waals surface area contributed by atoms with Crippen LogP contribution in [0.5, 0.6) is 0 Å². The van der Waals surface area contributed by atoms with Crippen LogP contribution in [0.25, 0.3) is 0 Å². The summed E-state index contributed by atoms with van der Waals surface area (Å²) in [7, 11) is 3.93. The minimum Gasteiger partial charge on any atom is -0.324 e. The third-order valence-corrected chi connectivity index (χ3v) is 6.48. The summed E-state index contributed by atoms with van der Waals surface area (Å²) in [5, 5.41) is 3.00. The fourth-order valence-electron chi connectivity index (χ4n) is 3.51. The first-order valence-corrected chi connectivity index (χ1v) is 8.12. The Hall–Kier alpha value is -1.62. The summed E-state index contributed by atoms with van der Waals surface area (Å²) in [6.45, 7) is 11.9. The van der Waals surface area contributed by atoms with Gasteiger partial charge in [-0.2, -0.15) is 0 Å². The molecule has 1 N–H and O–H groups in total. The average molecular weight is 319 g/mol. The zero-order valence-corrected chi connectivity index (χ0v) is 15.4. The number of anilines is 1. The zero-order chi connectivity index (χ0) is 17.6. The van der Waals surface area contributed by atoms with E-state index < -0.39 is 5.41 Å². The molecule has 0 unspecified atom stereocenters. The molecule has 5 nitrogen and oxygen atoms in total. The van der Waals surface area contributed by atoms with Gasteiger partial charge in [-0.15, -0.1) is 0 Å². The number of hydrogen-bond acceptors (Lipinski definition) is 3. The van der Waals surface area contributed by atoms with Crippen LogP contribution in [-0.4, -0.2) is 36.0 Å². The summed E-state index contributed by atoms with van der Waals surface area (Å²) in [5.41, 5.74) is 0.105. The van der Waals surface area contributed by atoms with E-state index in [1.54, 1.807) is 16.8 Å². The van der Waals surface area contributed by atoms with Gasteiger partial charge in [0.1, 0.15) is 0 Å². The SMILES string of the molecule is CN(C)CCn1cc(NC(=O)C2(C)C(C)(C)C2(C)C)ccc1=O. The molecule has 23 heavy (non-hydrogen) atoms. The van der Waals surface area contributed by atoms with E-state index in [0.717, 1.165) is 6.54 Å². The molecule has 128 valence electrons. The largest absolute Gasteiger partial charge is 0.324 e. The number of aromatic nitrogens is 1. The average Bonchev–Trinajstić information content (AvgIpc) is 2.77. The number of carbonyl (C=O) groups is 1. The quantitative estimate of drug-likeness (QED) is 0.907. The van der Waals surface area contributed by atoms with E-state index in [-0.39, 0.29) is 22.3 Å². The highest BCUT2D eigenvalue weighted by Crippen LogP contribution is 2.77. The third-order valence-electron chi connectivity index (χ3n) is 6.48. The van der Waals surface area contributed by atoms with E-state index in [9.17, 15) is 9.59 Å². The van der Waals surface area contributed by atoms with Crippen molar-refractivity contribution in [2.45, 2.75) is 41.2 Å². The lowest BCUT2D eigenvalue weighted by Crippen LogP contribution is -2.29. The molecule has 1 aromatic rings. The van der Waals surface area contributed by atoms with Crippen LogP contribution in [0.3, 0.4) is 0 Å². The molecule has 1 aliphatic rings. The third kappa shape index (κ3) is 2.61. The van der Waals surface area contributed by atoms with E-state index in [4.69, 9.17) is 0 Å². The van der Waals surface area contributed by atoms with E-state index in [0.29, 0.717) is 12.2 Å². The molecule has 0 aromatic carbocycles. The number of rotatable bonds is 5. The molecule has 1 heterocycles. The fourth-order valence-corrected chi connectivity index (χ4v) is 3.51. The Morgan fingerprint density at radius 3 is 2.17 bits per heavy atom. The molecular weight excluding hydrogens is 290 g/mol. The molecule has 0 saturated heterocycles. The van der Waals surface area contributed by atoms with Crippen LogP contribution >= 0.6 is 0 Å². The maximum Gasteiger partial charge on any atom is 0.250 e. The Labute approximate surface area is 138 Å². The van der Waals surface area contributed by atoms with E-state index in [1.165, 1.54) is 6.07 Å².